The number of hydrogen-bond donors (Lipinski definition) is 1. The van der Waals surface area contributed by atoms with E-state index in [0.717, 1.165) is 30.0 Å². The van der Waals surface area contributed by atoms with Gasteiger partial charge in [0, 0.05) is 43.7 Å². The lowest BCUT2D eigenvalue weighted by atomic mass is 10.2. The highest BCUT2D eigenvalue weighted by molar-refractivity contribution is 5.49. The fourth-order valence-corrected chi connectivity index (χ4v) is 1.67. The molecule has 0 aliphatic carbocycles. The summed E-state index contributed by atoms with van der Waals surface area (Å²) in [5.74, 6) is 3.70. The first-order chi connectivity index (χ1) is 8.29. The third-order valence-corrected chi connectivity index (χ3v) is 2.63. The van der Waals surface area contributed by atoms with E-state index in [2.05, 4.69) is 16.2 Å². The Bertz CT molecular complexity index is 534. The van der Waals surface area contributed by atoms with Crippen LogP contribution < -0.4 is 5.32 Å². The monoisotopic (exact) mass is 225 g/mol. The first-order valence-electron chi connectivity index (χ1n) is 5.56. The molecule has 0 amide bonds. The van der Waals surface area contributed by atoms with Crippen molar-refractivity contribution in [2.45, 2.75) is 6.42 Å². The molecule has 17 heavy (non-hydrogen) atoms. The predicted octanol–water partition coefficient (Wildman–Crippen LogP) is 2.06. The number of hydrogen-bond acceptors (Lipinski definition) is 2. The third kappa shape index (κ3) is 2.88. The lowest BCUT2D eigenvalue weighted by Crippen LogP contribution is -2.08. The smallest absolute Gasteiger partial charge is 0.110 e. The van der Waals surface area contributed by atoms with Gasteiger partial charge in [-0.15, -0.1) is 6.42 Å². The predicted molar refractivity (Wildman–Crippen MR) is 69.8 cm³/mol. The van der Waals surface area contributed by atoms with Crippen molar-refractivity contribution in [3.05, 3.63) is 48.0 Å². The molecule has 0 saturated heterocycles. The molecule has 1 heterocycles. The topological polar surface area (TPSA) is 29.9 Å². The van der Waals surface area contributed by atoms with Crippen LogP contribution in [0.2, 0.25) is 0 Å². The van der Waals surface area contributed by atoms with Crippen molar-refractivity contribution in [3.8, 4) is 12.3 Å². The van der Waals surface area contributed by atoms with E-state index in [1.165, 1.54) is 0 Å². The Morgan fingerprint density at radius 1 is 1.47 bits per heavy atom. The lowest BCUT2D eigenvalue weighted by molar-refractivity contribution is 0.789. The molecular formula is C14H15N3. The molecule has 0 atom stereocenters. The average Bonchev–Trinajstić information content (AvgIpc) is 2.76. The zero-order valence-electron chi connectivity index (χ0n) is 9.85. The Balaban J connectivity index is 1.90. The minimum absolute atomic E-state index is 0.846. The normalized spacial score (nSPS) is 9.88. The van der Waals surface area contributed by atoms with Crippen molar-refractivity contribution in [2.24, 2.45) is 7.05 Å². The van der Waals surface area contributed by atoms with Crippen LogP contribution in [0, 0.1) is 12.3 Å². The van der Waals surface area contributed by atoms with Crippen molar-refractivity contribution >= 4 is 5.69 Å². The maximum atomic E-state index is 5.35. The van der Waals surface area contributed by atoms with E-state index in [1.54, 1.807) is 0 Å². The van der Waals surface area contributed by atoms with Gasteiger partial charge in [-0.2, -0.15) is 0 Å². The molecule has 0 unspecified atom stereocenters. The minimum atomic E-state index is 0.846. The molecule has 86 valence electrons. The molecule has 1 aromatic carbocycles. The van der Waals surface area contributed by atoms with Gasteiger partial charge in [0.05, 0.1) is 0 Å². The number of imidazole rings is 1. The van der Waals surface area contributed by atoms with Crippen molar-refractivity contribution in [1.29, 1.82) is 0 Å². The molecule has 0 saturated carbocycles. The summed E-state index contributed by atoms with van der Waals surface area (Å²) in [6.45, 7) is 0.846. The summed E-state index contributed by atoms with van der Waals surface area (Å²) in [6, 6.07) is 7.86. The van der Waals surface area contributed by atoms with Crippen molar-refractivity contribution in [3.63, 3.8) is 0 Å². The summed E-state index contributed by atoms with van der Waals surface area (Å²) in [7, 11) is 2.00. The van der Waals surface area contributed by atoms with E-state index in [1.807, 2.05) is 48.3 Å². The SMILES string of the molecule is C#Cc1cccc(NCCc2nccn2C)c1. The van der Waals surface area contributed by atoms with Gasteiger partial charge in [-0.05, 0) is 18.2 Å². The second kappa shape index (κ2) is 5.22. The molecule has 0 radical (unpaired) electrons. The van der Waals surface area contributed by atoms with E-state index in [4.69, 9.17) is 6.42 Å². The average molecular weight is 225 g/mol. The van der Waals surface area contributed by atoms with Crippen LogP contribution in [0.25, 0.3) is 0 Å². The van der Waals surface area contributed by atoms with Gasteiger partial charge in [0.2, 0.25) is 0 Å². The summed E-state index contributed by atoms with van der Waals surface area (Å²) in [5.41, 5.74) is 1.95. The van der Waals surface area contributed by atoms with E-state index in [9.17, 15) is 0 Å². The highest BCUT2D eigenvalue weighted by Crippen LogP contribution is 2.09. The molecule has 0 aliphatic heterocycles. The highest BCUT2D eigenvalue weighted by atomic mass is 15.0. The van der Waals surface area contributed by atoms with E-state index < -0.39 is 0 Å². The first kappa shape index (κ1) is 11.3. The van der Waals surface area contributed by atoms with Gasteiger partial charge >= 0.3 is 0 Å². The molecule has 0 aliphatic rings. The summed E-state index contributed by atoms with van der Waals surface area (Å²) < 4.78 is 2.03. The second-order valence-electron chi connectivity index (χ2n) is 3.86. The molecule has 1 N–H and O–H groups in total. The zero-order valence-corrected chi connectivity index (χ0v) is 9.85. The molecule has 0 spiro atoms. The number of aromatic nitrogens is 2. The standard InChI is InChI=1S/C14H15N3/c1-3-12-5-4-6-13(11-12)15-8-7-14-16-9-10-17(14)2/h1,4-6,9-11,15H,7-8H2,2H3. The largest absolute Gasteiger partial charge is 0.385 e. The number of nitrogens with one attached hydrogen (secondary N) is 1. The van der Waals surface area contributed by atoms with E-state index in [-0.39, 0.29) is 0 Å². The van der Waals surface area contributed by atoms with Crippen LogP contribution in [0.3, 0.4) is 0 Å². The summed E-state index contributed by atoms with van der Waals surface area (Å²) in [5, 5.41) is 3.34. The number of rotatable bonds is 4. The quantitative estimate of drug-likeness (QED) is 0.807. The number of anilines is 1. The molecule has 0 fully saturated rings. The van der Waals surface area contributed by atoms with Gasteiger partial charge in [-0.3, -0.25) is 0 Å². The zero-order chi connectivity index (χ0) is 12.1. The van der Waals surface area contributed by atoms with Crippen molar-refractivity contribution < 1.29 is 0 Å². The van der Waals surface area contributed by atoms with Crippen molar-refractivity contribution in [1.82, 2.24) is 9.55 Å². The highest BCUT2D eigenvalue weighted by Gasteiger charge is 1.98. The first-order valence-corrected chi connectivity index (χ1v) is 5.56. The van der Waals surface area contributed by atoms with Crippen LogP contribution in [0.1, 0.15) is 11.4 Å². The van der Waals surface area contributed by atoms with Crippen molar-refractivity contribution in [2.75, 3.05) is 11.9 Å². The fourth-order valence-electron chi connectivity index (χ4n) is 1.67. The number of terminal acetylenes is 1. The summed E-state index contributed by atoms with van der Waals surface area (Å²) in [6.07, 6.45) is 10.0. The van der Waals surface area contributed by atoms with E-state index >= 15 is 0 Å². The Hall–Kier alpha value is -2.21. The van der Waals surface area contributed by atoms with Crippen LogP contribution in [0.4, 0.5) is 5.69 Å². The van der Waals surface area contributed by atoms with Gasteiger partial charge in [-0.25, -0.2) is 4.98 Å². The molecule has 2 rings (SSSR count). The molecule has 1 aromatic heterocycles. The molecule has 3 heteroatoms. The van der Waals surface area contributed by atoms with Gasteiger partial charge in [0.15, 0.2) is 0 Å². The van der Waals surface area contributed by atoms with Crippen LogP contribution >= 0.6 is 0 Å². The Labute approximate surface area is 102 Å². The van der Waals surface area contributed by atoms with Gasteiger partial charge in [-0.1, -0.05) is 12.0 Å². The summed E-state index contributed by atoms with van der Waals surface area (Å²) in [4.78, 5) is 4.27. The third-order valence-electron chi connectivity index (χ3n) is 2.63. The molecule has 3 nitrogen and oxygen atoms in total. The molecule has 2 aromatic rings. The number of aryl methyl sites for hydroxylation is 1. The maximum absolute atomic E-state index is 5.35. The fraction of sp³-hybridized carbons (Fsp3) is 0.214. The van der Waals surface area contributed by atoms with E-state index in [0.29, 0.717) is 0 Å². The Kier molecular flexibility index (Phi) is 3.46. The molecular weight excluding hydrogens is 210 g/mol. The van der Waals surface area contributed by atoms with Gasteiger partial charge in [0.1, 0.15) is 5.82 Å². The summed E-state index contributed by atoms with van der Waals surface area (Å²) >= 11 is 0. The van der Waals surface area contributed by atoms with Crippen LogP contribution in [-0.4, -0.2) is 16.1 Å². The molecule has 0 bridgehead atoms. The Morgan fingerprint density at radius 2 is 2.35 bits per heavy atom. The minimum Gasteiger partial charge on any atom is -0.385 e. The van der Waals surface area contributed by atoms with Crippen LogP contribution in [0.5, 0.6) is 0 Å². The maximum Gasteiger partial charge on any atom is 0.110 e. The second-order valence-corrected chi connectivity index (χ2v) is 3.86. The van der Waals surface area contributed by atoms with Crippen LogP contribution in [-0.2, 0) is 13.5 Å². The van der Waals surface area contributed by atoms with Crippen LogP contribution in [0.15, 0.2) is 36.7 Å². The number of nitrogens with zero attached hydrogens (tertiary/aromatic N) is 2. The van der Waals surface area contributed by atoms with Gasteiger partial charge < -0.3 is 9.88 Å². The Morgan fingerprint density at radius 3 is 3.06 bits per heavy atom. The van der Waals surface area contributed by atoms with Gasteiger partial charge in [0.25, 0.3) is 0 Å². The number of benzene rings is 1. The lowest BCUT2D eigenvalue weighted by Gasteiger charge is -2.06.